The summed E-state index contributed by atoms with van der Waals surface area (Å²) in [5.41, 5.74) is 0.368. The number of esters is 1. The second kappa shape index (κ2) is 7.47. The van der Waals surface area contributed by atoms with Gasteiger partial charge in [0.05, 0.1) is 19.4 Å². The number of methoxy groups -OCH3 is 1. The number of anilines is 1. The SMILES string of the molecule is CCOC(=O)CN(c1ccc(OC)cc1)S(=O)(=O)c1cccs1. The lowest BCUT2D eigenvalue weighted by Crippen LogP contribution is -2.36. The van der Waals surface area contributed by atoms with Crippen LogP contribution in [0, 0.1) is 0 Å². The van der Waals surface area contributed by atoms with Crippen LogP contribution >= 0.6 is 11.3 Å². The molecule has 2 aromatic rings. The molecule has 0 saturated carbocycles. The fraction of sp³-hybridized carbons (Fsp3) is 0.267. The van der Waals surface area contributed by atoms with E-state index in [-0.39, 0.29) is 17.4 Å². The first kappa shape index (κ1) is 17.3. The van der Waals surface area contributed by atoms with Crippen molar-refractivity contribution >= 4 is 33.0 Å². The average molecular weight is 355 g/mol. The van der Waals surface area contributed by atoms with Crippen LogP contribution in [0.1, 0.15) is 6.92 Å². The predicted molar refractivity (Wildman–Crippen MR) is 88.5 cm³/mol. The molecule has 0 radical (unpaired) electrons. The smallest absolute Gasteiger partial charge is 0.326 e. The molecule has 6 nitrogen and oxygen atoms in total. The van der Waals surface area contributed by atoms with E-state index in [1.165, 1.54) is 13.2 Å². The fourth-order valence-corrected chi connectivity index (χ4v) is 4.42. The molecule has 1 aromatic heterocycles. The average Bonchev–Trinajstić information content (AvgIpc) is 3.08. The molecule has 0 amide bonds. The molecule has 0 aliphatic rings. The van der Waals surface area contributed by atoms with E-state index in [0.29, 0.717) is 11.4 Å². The number of carbonyl (C=O) groups is 1. The van der Waals surface area contributed by atoms with Crippen molar-refractivity contribution in [2.75, 3.05) is 24.6 Å². The number of thiophene rings is 1. The Morgan fingerprint density at radius 1 is 1.22 bits per heavy atom. The van der Waals surface area contributed by atoms with Gasteiger partial charge in [-0.2, -0.15) is 0 Å². The minimum Gasteiger partial charge on any atom is -0.497 e. The van der Waals surface area contributed by atoms with E-state index in [1.54, 1.807) is 42.6 Å². The number of ether oxygens (including phenoxy) is 2. The Labute approximate surface area is 139 Å². The lowest BCUT2D eigenvalue weighted by atomic mass is 10.3. The van der Waals surface area contributed by atoms with Crippen molar-refractivity contribution in [1.82, 2.24) is 0 Å². The van der Waals surface area contributed by atoms with E-state index in [9.17, 15) is 13.2 Å². The minimum absolute atomic E-state index is 0.164. The van der Waals surface area contributed by atoms with Crippen molar-refractivity contribution in [2.24, 2.45) is 0 Å². The molecule has 0 unspecified atom stereocenters. The maximum atomic E-state index is 12.8. The highest BCUT2D eigenvalue weighted by atomic mass is 32.2. The molecule has 23 heavy (non-hydrogen) atoms. The molecular formula is C15H17NO5S2. The topological polar surface area (TPSA) is 72.9 Å². The van der Waals surface area contributed by atoms with Crippen LogP contribution < -0.4 is 9.04 Å². The summed E-state index contributed by atoms with van der Waals surface area (Å²) in [6, 6.07) is 9.59. The number of rotatable bonds is 7. The molecule has 0 fully saturated rings. The summed E-state index contributed by atoms with van der Waals surface area (Å²) < 4.78 is 36.7. The van der Waals surface area contributed by atoms with Crippen molar-refractivity contribution in [2.45, 2.75) is 11.1 Å². The summed E-state index contributed by atoms with van der Waals surface area (Å²) in [4.78, 5) is 11.8. The van der Waals surface area contributed by atoms with Gasteiger partial charge in [0.15, 0.2) is 0 Å². The van der Waals surface area contributed by atoms with Crippen LogP contribution in [0.5, 0.6) is 5.75 Å². The molecule has 2 rings (SSSR count). The van der Waals surface area contributed by atoms with E-state index in [4.69, 9.17) is 9.47 Å². The minimum atomic E-state index is -3.83. The first-order valence-corrected chi connectivity index (χ1v) is 9.17. The van der Waals surface area contributed by atoms with Gasteiger partial charge in [-0.1, -0.05) is 6.07 Å². The van der Waals surface area contributed by atoms with E-state index < -0.39 is 16.0 Å². The van der Waals surface area contributed by atoms with Gasteiger partial charge in [-0.05, 0) is 42.6 Å². The van der Waals surface area contributed by atoms with Crippen LogP contribution in [0.15, 0.2) is 46.0 Å². The van der Waals surface area contributed by atoms with E-state index in [0.717, 1.165) is 15.6 Å². The predicted octanol–water partition coefficient (Wildman–Crippen LogP) is 2.52. The third kappa shape index (κ3) is 4.02. The van der Waals surface area contributed by atoms with Crippen LogP contribution in [0.2, 0.25) is 0 Å². The number of sulfonamides is 1. The fourth-order valence-electron chi connectivity index (χ4n) is 1.91. The van der Waals surface area contributed by atoms with Crippen LogP contribution in [0.25, 0.3) is 0 Å². The molecule has 0 bridgehead atoms. The van der Waals surface area contributed by atoms with Crippen LogP contribution in [-0.4, -0.2) is 34.6 Å². The zero-order valence-electron chi connectivity index (χ0n) is 12.8. The Bertz CT molecular complexity index is 739. The standard InChI is InChI=1S/C15H17NO5S2/c1-3-21-14(17)11-16(12-6-8-13(20-2)9-7-12)23(18,19)15-5-4-10-22-15/h4-10H,3,11H2,1-2H3. The summed E-state index contributed by atoms with van der Waals surface area (Å²) in [5.74, 6) is -0.0122. The van der Waals surface area contributed by atoms with Crippen molar-refractivity contribution in [1.29, 1.82) is 0 Å². The van der Waals surface area contributed by atoms with Gasteiger partial charge in [0.1, 0.15) is 16.5 Å². The summed E-state index contributed by atoms with van der Waals surface area (Å²) in [5, 5.41) is 1.67. The normalized spacial score (nSPS) is 11.0. The summed E-state index contributed by atoms with van der Waals surface area (Å²) in [6.07, 6.45) is 0. The zero-order valence-corrected chi connectivity index (χ0v) is 14.4. The molecule has 0 saturated heterocycles. The van der Waals surface area contributed by atoms with Crippen molar-refractivity contribution in [3.8, 4) is 5.75 Å². The van der Waals surface area contributed by atoms with Gasteiger partial charge < -0.3 is 9.47 Å². The van der Waals surface area contributed by atoms with Gasteiger partial charge >= 0.3 is 5.97 Å². The lowest BCUT2D eigenvalue weighted by molar-refractivity contribution is -0.141. The molecule has 8 heteroatoms. The largest absolute Gasteiger partial charge is 0.497 e. The Morgan fingerprint density at radius 2 is 1.91 bits per heavy atom. The van der Waals surface area contributed by atoms with Crippen LogP contribution in [0.3, 0.4) is 0 Å². The third-order valence-electron chi connectivity index (χ3n) is 2.98. The second-order valence-electron chi connectivity index (χ2n) is 4.45. The number of nitrogens with zero attached hydrogens (tertiary/aromatic N) is 1. The molecule has 1 aromatic carbocycles. The number of carbonyl (C=O) groups excluding carboxylic acids is 1. The van der Waals surface area contributed by atoms with Gasteiger partial charge in [-0.3, -0.25) is 9.10 Å². The van der Waals surface area contributed by atoms with Crippen LogP contribution in [-0.2, 0) is 19.6 Å². The van der Waals surface area contributed by atoms with Crippen molar-refractivity contribution in [3.63, 3.8) is 0 Å². The summed E-state index contributed by atoms with van der Waals surface area (Å²) in [7, 11) is -2.31. The third-order valence-corrected chi connectivity index (χ3v) is 6.12. The zero-order chi connectivity index (χ0) is 16.9. The van der Waals surface area contributed by atoms with Gasteiger partial charge in [0, 0.05) is 0 Å². The van der Waals surface area contributed by atoms with Crippen molar-refractivity contribution in [3.05, 3.63) is 41.8 Å². The molecule has 0 atom stereocenters. The molecule has 0 aliphatic heterocycles. The second-order valence-corrected chi connectivity index (χ2v) is 7.48. The highest BCUT2D eigenvalue weighted by molar-refractivity contribution is 7.94. The highest BCUT2D eigenvalue weighted by Gasteiger charge is 2.28. The van der Waals surface area contributed by atoms with Gasteiger partial charge in [0.25, 0.3) is 10.0 Å². The number of hydrogen-bond acceptors (Lipinski definition) is 6. The highest BCUT2D eigenvalue weighted by Crippen LogP contribution is 2.27. The van der Waals surface area contributed by atoms with Gasteiger partial charge in [-0.15, -0.1) is 11.3 Å². The number of hydrogen-bond donors (Lipinski definition) is 0. The Balaban J connectivity index is 2.40. The first-order valence-electron chi connectivity index (χ1n) is 6.85. The van der Waals surface area contributed by atoms with Crippen LogP contribution in [0.4, 0.5) is 5.69 Å². The molecule has 124 valence electrons. The maximum Gasteiger partial charge on any atom is 0.326 e. The monoisotopic (exact) mass is 355 g/mol. The quantitative estimate of drug-likeness (QED) is 0.714. The van der Waals surface area contributed by atoms with Gasteiger partial charge in [0.2, 0.25) is 0 Å². The van der Waals surface area contributed by atoms with E-state index in [1.807, 2.05) is 0 Å². The first-order chi connectivity index (χ1) is 11.0. The molecule has 0 spiro atoms. The van der Waals surface area contributed by atoms with Crippen molar-refractivity contribution < 1.29 is 22.7 Å². The van der Waals surface area contributed by atoms with E-state index >= 15 is 0 Å². The van der Waals surface area contributed by atoms with Gasteiger partial charge in [-0.25, -0.2) is 8.42 Å². The van der Waals surface area contributed by atoms with E-state index in [2.05, 4.69) is 0 Å². The maximum absolute atomic E-state index is 12.8. The number of benzene rings is 1. The Hall–Kier alpha value is -2.06. The lowest BCUT2D eigenvalue weighted by Gasteiger charge is -2.23. The summed E-state index contributed by atoms with van der Waals surface area (Å²) >= 11 is 1.09. The Morgan fingerprint density at radius 3 is 2.43 bits per heavy atom. The molecule has 1 heterocycles. The molecule has 0 aliphatic carbocycles. The molecule has 0 N–H and O–H groups in total. The summed E-state index contributed by atoms with van der Waals surface area (Å²) in [6.45, 7) is 1.47. The Kier molecular flexibility index (Phi) is 5.62. The molecular weight excluding hydrogens is 338 g/mol.